The number of methoxy groups -OCH3 is 1. The Morgan fingerprint density at radius 3 is 2.48 bits per heavy atom. The minimum absolute atomic E-state index is 0.131. The highest BCUT2D eigenvalue weighted by Gasteiger charge is 2.19. The van der Waals surface area contributed by atoms with Crippen LogP contribution in [0.5, 0.6) is 0 Å². The molecule has 1 fully saturated rings. The number of carbonyl (C=O) groups excluding carboxylic acids is 2. The van der Waals surface area contributed by atoms with Gasteiger partial charge in [0.1, 0.15) is 0 Å². The van der Waals surface area contributed by atoms with E-state index >= 15 is 0 Å². The number of nitrogens with one attached hydrogen (secondary N) is 1. The van der Waals surface area contributed by atoms with E-state index in [1.807, 2.05) is 12.1 Å². The summed E-state index contributed by atoms with van der Waals surface area (Å²) in [4.78, 5) is 27.4. The summed E-state index contributed by atoms with van der Waals surface area (Å²) in [6.07, 6.45) is 7.24. The predicted octanol–water partition coefficient (Wildman–Crippen LogP) is 4.70. The third-order valence-electron chi connectivity index (χ3n) is 5.81. The van der Waals surface area contributed by atoms with E-state index < -0.39 is 5.97 Å². The van der Waals surface area contributed by atoms with Gasteiger partial charge < -0.3 is 15.0 Å². The summed E-state index contributed by atoms with van der Waals surface area (Å²) in [5.74, 6) is -0.822. The number of benzene rings is 2. The number of anilines is 2. The molecular weight excluding hydrogens is 440 g/mol. The van der Waals surface area contributed by atoms with Gasteiger partial charge in [-0.05, 0) is 54.7 Å². The van der Waals surface area contributed by atoms with Gasteiger partial charge in [-0.2, -0.15) is 5.10 Å². The van der Waals surface area contributed by atoms with Crippen LogP contribution in [0.2, 0.25) is 5.02 Å². The molecule has 1 amide bonds. The Labute approximate surface area is 198 Å². The molecular formula is C25H27ClN4O3. The van der Waals surface area contributed by atoms with Crippen molar-refractivity contribution in [1.82, 2.24) is 9.78 Å². The van der Waals surface area contributed by atoms with Crippen LogP contribution in [0.3, 0.4) is 0 Å². The normalized spacial score (nSPS) is 13.6. The van der Waals surface area contributed by atoms with E-state index in [1.54, 1.807) is 36.3 Å². The molecule has 33 heavy (non-hydrogen) atoms. The third kappa shape index (κ3) is 5.37. The number of carbonyl (C=O) groups is 2. The molecule has 0 radical (unpaired) electrons. The molecule has 172 valence electrons. The van der Waals surface area contributed by atoms with Gasteiger partial charge in [0.25, 0.3) is 0 Å². The average molecular weight is 467 g/mol. The SMILES string of the molecule is COC(=O)c1cc(-c2ccc(N3CCCCC3)cc2)c(Cl)cc1NC(=O)Cc1cnn(C)c1. The first-order valence-corrected chi connectivity index (χ1v) is 11.4. The van der Waals surface area contributed by atoms with E-state index in [1.165, 1.54) is 32.1 Å². The van der Waals surface area contributed by atoms with Crippen LogP contribution in [0, 0.1) is 0 Å². The monoisotopic (exact) mass is 466 g/mol. The van der Waals surface area contributed by atoms with Crippen molar-refractivity contribution in [3.63, 3.8) is 0 Å². The van der Waals surface area contributed by atoms with E-state index in [0.717, 1.165) is 24.2 Å². The zero-order valence-electron chi connectivity index (χ0n) is 18.8. The van der Waals surface area contributed by atoms with Crippen LogP contribution in [0.15, 0.2) is 48.8 Å². The first-order chi connectivity index (χ1) is 15.9. The highest BCUT2D eigenvalue weighted by Crippen LogP contribution is 2.35. The molecule has 0 saturated carbocycles. The van der Waals surface area contributed by atoms with Crippen LogP contribution in [0.1, 0.15) is 35.2 Å². The summed E-state index contributed by atoms with van der Waals surface area (Å²) in [5, 5.41) is 7.29. The van der Waals surface area contributed by atoms with Crippen molar-refractivity contribution in [3.8, 4) is 11.1 Å². The second-order valence-corrected chi connectivity index (χ2v) is 8.62. The van der Waals surface area contributed by atoms with E-state index in [4.69, 9.17) is 16.3 Å². The van der Waals surface area contributed by atoms with E-state index in [9.17, 15) is 9.59 Å². The van der Waals surface area contributed by atoms with Gasteiger partial charge in [-0.25, -0.2) is 4.79 Å². The second-order valence-electron chi connectivity index (χ2n) is 8.21. The van der Waals surface area contributed by atoms with Crippen LogP contribution in [-0.4, -0.2) is 41.9 Å². The van der Waals surface area contributed by atoms with Crippen LogP contribution >= 0.6 is 11.6 Å². The lowest BCUT2D eigenvalue weighted by Gasteiger charge is -2.29. The van der Waals surface area contributed by atoms with Gasteiger partial charge in [-0.15, -0.1) is 0 Å². The van der Waals surface area contributed by atoms with Gasteiger partial charge in [0.2, 0.25) is 5.91 Å². The van der Waals surface area contributed by atoms with E-state index in [0.29, 0.717) is 16.3 Å². The fourth-order valence-corrected chi connectivity index (χ4v) is 4.40. The number of amides is 1. The molecule has 0 atom stereocenters. The molecule has 1 saturated heterocycles. The predicted molar refractivity (Wildman–Crippen MR) is 130 cm³/mol. The van der Waals surface area contributed by atoms with Crippen molar-refractivity contribution in [3.05, 3.63) is 64.9 Å². The molecule has 2 heterocycles. The molecule has 0 spiro atoms. The Morgan fingerprint density at radius 2 is 1.85 bits per heavy atom. The van der Waals surface area contributed by atoms with Crippen molar-refractivity contribution in [1.29, 1.82) is 0 Å². The second kappa shape index (κ2) is 10.1. The maximum Gasteiger partial charge on any atom is 0.339 e. The van der Waals surface area contributed by atoms with E-state index in [2.05, 4.69) is 27.4 Å². The van der Waals surface area contributed by atoms with Crippen molar-refractivity contribution in [2.24, 2.45) is 7.05 Å². The minimum atomic E-state index is -0.547. The Hall–Kier alpha value is -3.32. The zero-order valence-corrected chi connectivity index (χ0v) is 19.6. The van der Waals surface area contributed by atoms with Gasteiger partial charge in [-0.1, -0.05) is 23.7 Å². The summed E-state index contributed by atoms with van der Waals surface area (Å²) in [6, 6.07) is 11.4. The van der Waals surface area contributed by atoms with Crippen molar-refractivity contribution in [2.75, 3.05) is 30.4 Å². The first-order valence-electron chi connectivity index (χ1n) is 11.0. The number of hydrogen-bond acceptors (Lipinski definition) is 5. The van der Waals surface area contributed by atoms with Crippen LogP contribution in [0.25, 0.3) is 11.1 Å². The summed E-state index contributed by atoms with van der Waals surface area (Å²) in [6.45, 7) is 2.14. The van der Waals surface area contributed by atoms with Crippen molar-refractivity contribution < 1.29 is 14.3 Å². The molecule has 0 bridgehead atoms. The quantitative estimate of drug-likeness (QED) is 0.533. The van der Waals surface area contributed by atoms with Crippen LogP contribution in [0.4, 0.5) is 11.4 Å². The molecule has 8 heteroatoms. The maximum atomic E-state index is 12.6. The number of hydrogen-bond donors (Lipinski definition) is 1. The van der Waals surface area contributed by atoms with Crippen LogP contribution < -0.4 is 10.2 Å². The lowest BCUT2D eigenvalue weighted by Crippen LogP contribution is -2.29. The van der Waals surface area contributed by atoms with E-state index in [-0.39, 0.29) is 17.9 Å². The summed E-state index contributed by atoms with van der Waals surface area (Å²) in [7, 11) is 3.10. The van der Waals surface area contributed by atoms with Gasteiger partial charge in [0.05, 0.1) is 36.0 Å². The smallest absolute Gasteiger partial charge is 0.339 e. The molecule has 7 nitrogen and oxygen atoms in total. The summed E-state index contributed by atoms with van der Waals surface area (Å²) < 4.78 is 6.59. The fourth-order valence-electron chi connectivity index (χ4n) is 4.12. The number of rotatable bonds is 6. The van der Waals surface area contributed by atoms with Crippen molar-refractivity contribution >= 4 is 34.9 Å². The van der Waals surface area contributed by atoms with Crippen LogP contribution in [-0.2, 0) is 23.0 Å². The third-order valence-corrected chi connectivity index (χ3v) is 6.12. The molecule has 1 aliphatic heterocycles. The Balaban J connectivity index is 1.59. The van der Waals surface area contributed by atoms with Gasteiger partial charge in [0, 0.05) is 37.6 Å². The molecule has 1 aromatic heterocycles. The first kappa shape index (κ1) is 22.9. The molecule has 2 aromatic carbocycles. The lowest BCUT2D eigenvalue weighted by atomic mass is 10.0. The number of aromatic nitrogens is 2. The Morgan fingerprint density at radius 1 is 1.12 bits per heavy atom. The molecule has 4 rings (SSSR count). The maximum absolute atomic E-state index is 12.6. The molecule has 0 unspecified atom stereocenters. The number of piperidine rings is 1. The number of ether oxygens (including phenoxy) is 1. The van der Waals surface area contributed by atoms with Crippen molar-refractivity contribution in [2.45, 2.75) is 25.7 Å². The number of halogens is 1. The molecule has 3 aromatic rings. The summed E-state index contributed by atoms with van der Waals surface area (Å²) >= 11 is 6.59. The standard InChI is InChI=1S/C25H27ClN4O3/c1-29-16-17(15-27-29)12-24(31)28-23-14-22(26)20(13-21(23)25(32)33-2)18-6-8-19(9-7-18)30-10-4-3-5-11-30/h6-9,13-16H,3-5,10-12H2,1-2H3,(H,28,31). The highest BCUT2D eigenvalue weighted by atomic mass is 35.5. The minimum Gasteiger partial charge on any atom is -0.465 e. The molecule has 0 aliphatic carbocycles. The van der Waals surface area contributed by atoms with Gasteiger partial charge >= 0.3 is 5.97 Å². The molecule has 1 N–H and O–H groups in total. The Kier molecular flexibility index (Phi) is 6.99. The van der Waals surface area contributed by atoms with Gasteiger partial charge in [-0.3, -0.25) is 9.48 Å². The Bertz CT molecular complexity index is 1150. The average Bonchev–Trinajstić information content (AvgIpc) is 3.23. The number of aryl methyl sites for hydroxylation is 1. The molecule has 1 aliphatic rings. The lowest BCUT2D eigenvalue weighted by molar-refractivity contribution is -0.115. The zero-order chi connectivity index (χ0) is 23.4. The topological polar surface area (TPSA) is 76.5 Å². The summed E-state index contributed by atoms with van der Waals surface area (Å²) in [5.41, 5.74) is 4.10. The van der Waals surface area contributed by atoms with Gasteiger partial charge in [0.15, 0.2) is 0 Å². The number of esters is 1. The number of nitrogens with zero attached hydrogens (tertiary/aromatic N) is 3. The largest absolute Gasteiger partial charge is 0.465 e. The highest BCUT2D eigenvalue weighted by molar-refractivity contribution is 6.34. The fraction of sp³-hybridized carbons (Fsp3) is 0.320.